The number of hydrogen-bond donors (Lipinski definition) is 0. The van der Waals surface area contributed by atoms with E-state index in [9.17, 15) is 0 Å². The molecule has 0 bridgehead atoms. The molecule has 2 aromatic carbocycles. The molecule has 20 heavy (non-hydrogen) atoms. The minimum atomic E-state index is 0.135. The Bertz CT molecular complexity index is 679. The molecule has 0 spiro atoms. The van der Waals surface area contributed by atoms with Gasteiger partial charge in [0.05, 0.1) is 16.1 Å². The van der Waals surface area contributed by atoms with Crippen LogP contribution in [0.1, 0.15) is 30.0 Å². The molecule has 1 aliphatic rings. The van der Waals surface area contributed by atoms with E-state index < -0.39 is 0 Å². The number of aliphatic imine (C=N–C) groups is 1. The van der Waals surface area contributed by atoms with Gasteiger partial charge in [-0.15, -0.1) is 0 Å². The molecule has 0 radical (unpaired) electrons. The van der Waals surface area contributed by atoms with Crippen LogP contribution >= 0.6 is 34.8 Å². The molecule has 3 rings (SSSR count). The lowest BCUT2D eigenvalue weighted by molar-refractivity contribution is 0.723. The van der Waals surface area contributed by atoms with E-state index in [0.29, 0.717) is 10.0 Å². The minimum absolute atomic E-state index is 0.135. The Morgan fingerprint density at radius 3 is 2.45 bits per heavy atom. The molecule has 2 aromatic rings. The number of nitrogens with zero attached hydrogens (tertiary/aromatic N) is 1. The molecular weight excluding hydrogens is 313 g/mol. The van der Waals surface area contributed by atoms with Gasteiger partial charge in [0.1, 0.15) is 0 Å². The molecule has 1 aliphatic heterocycles. The lowest BCUT2D eigenvalue weighted by Gasteiger charge is -2.08. The van der Waals surface area contributed by atoms with Crippen molar-refractivity contribution in [1.82, 2.24) is 0 Å². The smallest absolute Gasteiger partial charge is 0.0756 e. The van der Waals surface area contributed by atoms with Crippen LogP contribution in [0.25, 0.3) is 0 Å². The second-order valence-corrected chi connectivity index (χ2v) is 6.01. The number of halogens is 3. The van der Waals surface area contributed by atoms with Gasteiger partial charge in [-0.05, 0) is 36.6 Å². The predicted molar refractivity (Wildman–Crippen MR) is 86.4 cm³/mol. The first-order valence-corrected chi connectivity index (χ1v) is 7.55. The maximum atomic E-state index is 6.22. The Labute approximate surface area is 133 Å². The highest BCUT2D eigenvalue weighted by molar-refractivity contribution is 6.42. The Morgan fingerprint density at radius 1 is 0.900 bits per heavy atom. The molecule has 1 heterocycles. The van der Waals surface area contributed by atoms with Crippen LogP contribution in [0.4, 0.5) is 0 Å². The van der Waals surface area contributed by atoms with Gasteiger partial charge < -0.3 is 0 Å². The van der Waals surface area contributed by atoms with E-state index in [1.807, 2.05) is 42.5 Å². The van der Waals surface area contributed by atoms with Gasteiger partial charge in [-0.3, -0.25) is 4.99 Å². The average molecular weight is 325 g/mol. The van der Waals surface area contributed by atoms with Gasteiger partial charge in [0, 0.05) is 16.3 Å². The third kappa shape index (κ3) is 2.71. The van der Waals surface area contributed by atoms with Crippen LogP contribution in [0.5, 0.6) is 0 Å². The molecule has 102 valence electrons. The first-order chi connectivity index (χ1) is 9.65. The normalized spacial score (nSPS) is 18.1. The van der Waals surface area contributed by atoms with Gasteiger partial charge in [-0.2, -0.15) is 0 Å². The van der Waals surface area contributed by atoms with Crippen molar-refractivity contribution >= 4 is 40.5 Å². The zero-order valence-corrected chi connectivity index (χ0v) is 12.9. The molecule has 1 nitrogen and oxygen atoms in total. The van der Waals surface area contributed by atoms with E-state index in [-0.39, 0.29) is 6.04 Å². The standard InChI is InChI=1S/C16H12Cl3N/c17-12-4-2-1-3-11(12)16-8-7-15(20-16)10-5-6-13(18)14(19)9-10/h1-6,9,15H,7-8H2. The van der Waals surface area contributed by atoms with Crippen molar-refractivity contribution in [3.63, 3.8) is 0 Å². The average Bonchev–Trinajstić information content (AvgIpc) is 2.92. The van der Waals surface area contributed by atoms with Crippen molar-refractivity contribution in [3.05, 3.63) is 68.7 Å². The number of hydrogen-bond acceptors (Lipinski definition) is 1. The second-order valence-electron chi connectivity index (χ2n) is 4.78. The molecule has 0 amide bonds. The summed E-state index contributed by atoms with van der Waals surface area (Å²) in [5, 5.41) is 1.90. The van der Waals surface area contributed by atoms with Gasteiger partial charge in [-0.1, -0.05) is 59.1 Å². The van der Waals surface area contributed by atoms with Gasteiger partial charge in [0.15, 0.2) is 0 Å². The highest BCUT2D eigenvalue weighted by Crippen LogP contribution is 2.35. The van der Waals surface area contributed by atoms with Crippen LogP contribution in [0.15, 0.2) is 47.5 Å². The first-order valence-electron chi connectivity index (χ1n) is 6.41. The summed E-state index contributed by atoms with van der Waals surface area (Å²) in [5.74, 6) is 0. The molecule has 4 heteroatoms. The monoisotopic (exact) mass is 323 g/mol. The number of rotatable bonds is 2. The van der Waals surface area contributed by atoms with Crippen molar-refractivity contribution in [2.75, 3.05) is 0 Å². The van der Waals surface area contributed by atoms with Crippen LogP contribution in [-0.4, -0.2) is 5.71 Å². The molecular formula is C16H12Cl3N. The zero-order chi connectivity index (χ0) is 14.1. The lowest BCUT2D eigenvalue weighted by atomic mass is 10.0. The fraction of sp³-hybridized carbons (Fsp3) is 0.188. The third-order valence-corrected chi connectivity index (χ3v) is 4.55. The molecule has 0 N–H and O–H groups in total. The summed E-state index contributed by atoms with van der Waals surface area (Å²) in [4.78, 5) is 4.79. The first kappa shape index (κ1) is 13.9. The maximum Gasteiger partial charge on any atom is 0.0756 e. The van der Waals surface area contributed by atoms with Crippen molar-refractivity contribution in [2.45, 2.75) is 18.9 Å². The van der Waals surface area contributed by atoms with Crippen LogP contribution in [0.3, 0.4) is 0 Å². The van der Waals surface area contributed by atoms with Crippen molar-refractivity contribution in [2.24, 2.45) is 4.99 Å². The fourth-order valence-electron chi connectivity index (χ4n) is 2.45. The summed E-state index contributed by atoms with van der Waals surface area (Å²) in [5.41, 5.74) is 3.19. The Balaban J connectivity index is 1.91. The minimum Gasteiger partial charge on any atom is -0.281 e. The lowest BCUT2D eigenvalue weighted by Crippen LogP contribution is -1.96. The van der Waals surface area contributed by atoms with Crippen LogP contribution in [0, 0.1) is 0 Å². The van der Waals surface area contributed by atoms with Gasteiger partial charge in [0.2, 0.25) is 0 Å². The fourth-order valence-corrected chi connectivity index (χ4v) is 3.00. The maximum absolute atomic E-state index is 6.22. The van der Waals surface area contributed by atoms with Gasteiger partial charge >= 0.3 is 0 Å². The molecule has 0 fully saturated rings. The van der Waals surface area contributed by atoms with E-state index in [4.69, 9.17) is 39.8 Å². The molecule has 0 saturated heterocycles. The molecule has 0 saturated carbocycles. The van der Waals surface area contributed by atoms with Gasteiger partial charge in [-0.25, -0.2) is 0 Å². The topological polar surface area (TPSA) is 12.4 Å². The van der Waals surface area contributed by atoms with E-state index in [0.717, 1.165) is 34.7 Å². The molecule has 0 aromatic heterocycles. The van der Waals surface area contributed by atoms with Crippen molar-refractivity contribution in [3.8, 4) is 0 Å². The van der Waals surface area contributed by atoms with E-state index in [2.05, 4.69) is 0 Å². The highest BCUT2D eigenvalue weighted by Gasteiger charge is 2.21. The van der Waals surface area contributed by atoms with Crippen LogP contribution in [-0.2, 0) is 0 Å². The van der Waals surface area contributed by atoms with Crippen molar-refractivity contribution < 1.29 is 0 Å². The quantitative estimate of drug-likeness (QED) is 0.645. The highest BCUT2D eigenvalue weighted by atomic mass is 35.5. The summed E-state index contributed by atoms with van der Waals surface area (Å²) < 4.78 is 0. The molecule has 1 unspecified atom stereocenters. The Hall–Kier alpha value is -1.02. The van der Waals surface area contributed by atoms with E-state index in [1.54, 1.807) is 0 Å². The van der Waals surface area contributed by atoms with Crippen LogP contribution < -0.4 is 0 Å². The summed E-state index contributed by atoms with van der Waals surface area (Å²) in [6, 6.07) is 13.7. The SMILES string of the molecule is Clc1ccc(C2CCC(c3ccccc3Cl)=N2)cc1Cl. The number of benzene rings is 2. The largest absolute Gasteiger partial charge is 0.281 e. The predicted octanol–water partition coefficient (Wildman–Crippen LogP) is 5.97. The summed E-state index contributed by atoms with van der Waals surface area (Å²) in [6.45, 7) is 0. The van der Waals surface area contributed by atoms with E-state index in [1.165, 1.54) is 0 Å². The van der Waals surface area contributed by atoms with E-state index >= 15 is 0 Å². The second kappa shape index (κ2) is 5.77. The summed E-state index contributed by atoms with van der Waals surface area (Å²) in [7, 11) is 0. The van der Waals surface area contributed by atoms with Gasteiger partial charge in [0.25, 0.3) is 0 Å². The summed E-state index contributed by atoms with van der Waals surface area (Å²) in [6.07, 6.45) is 1.90. The molecule has 0 aliphatic carbocycles. The zero-order valence-electron chi connectivity index (χ0n) is 10.6. The van der Waals surface area contributed by atoms with Crippen molar-refractivity contribution in [1.29, 1.82) is 0 Å². The Kier molecular flexibility index (Phi) is 4.02. The third-order valence-electron chi connectivity index (χ3n) is 3.48. The molecule has 1 atom stereocenters. The van der Waals surface area contributed by atoms with Crippen LogP contribution in [0.2, 0.25) is 15.1 Å². The summed E-state index contributed by atoms with van der Waals surface area (Å²) >= 11 is 18.2. The Morgan fingerprint density at radius 2 is 1.70 bits per heavy atom.